The maximum Gasteiger partial charge on any atom is 0.125 e. The third kappa shape index (κ3) is 1.64. The fourth-order valence-corrected chi connectivity index (χ4v) is 1.93. The maximum absolute atomic E-state index is 5.95. The van der Waals surface area contributed by atoms with Gasteiger partial charge in [0.1, 0.15) is 5.76 Å². The van der Waals surface area contributed by atoms with Crippen molar-refractivity contribution in [2.75, 3.05) is 0 Å². The molecule has 0 aliphatic carbocycles. The van der Waals surface area contributed by atoms with Gasteiger partial charge in [0.15, 0.2) is 0 Å². The summed E-state index contributed by atoms with van der Waals surface area (Å²) in [6, 6.07) is 3.53. The molecule has 1 unspecified atom stereocenters. The zero-order valence-corrected chi connectivity index (χ0v) is 8.04. The summed E-state index contributed by atoms with van der Waals surface area (Å²) >= 11 is 1.60. The molecule has 13 heavy (non-hydrogen) atoms. The van der Waals surface area contributed by atoms with Crippen molar-refractivity contribution < 1.29 is 4.42 Å². The molecule has 0 bridgehead atoms. The minimum atomic E-state index is -0.179. The van der Waals surface area contributed by atoms with Crippen molar-refractivity contribution in [1.29, 1.82) is 0 Å². The van der Waals surface area contributed by atoms with Crippen LogP contribution in [-0.4, -0.2) is 4.98 Å². The molecule has 3 nitrogen and oxygen atoms in total. The molecule has 2 aromatic rings. The SMILES string of the molecule is Cc1ncc(C(N)c2ccco2)s1. The highest BCUT2D eigenvalue weighted by molar-refractivity contribution is 7.11. The van der Waals surface area contributed by atoms with Gasteiger partial charge in [-0.05, 0) is 19.1 Å². The summed E-state index contributed by atoms with van der Waals surface area (Å²) in [6.07, 6.45) is 3.43. The Morgan fingerprint density at radius 2 is 2.46 bits per heavy atom. The lowest BCUT2D eigenvalue weighted by atomic mass is 10.2. The first kappa shape index (κ1) is 8.47. The Labute approximate surface area is 80.2 Å². The summed E-state index contributed by atoms with van der Waals surface area (Å²) < 4.78 is 5.21. The molecule has 2 N–H and O–H groups in total. The smallest absolute Gasteiger partial charge is 0.125 e. The zero-order chi connectivity index (χ0) is 9.26. The van der Waals surface area contributed by atoms with Crippen molar-refractivity contribution in [1.82, 2.24) is 4.98 Å². The van der Waals surface area contributed by atoms with Gasteiger partial charge in [0.25, 0.3) is 0 Å². The number of aromatic nitrogens is 1. The Morgan fingerprint density at radius 3 is 3.00 bits per heavy atom. The molecule has 2 rings (SSSR count). The van der Waals surface area contributed by atoms with E-state index in [1.54, 1.807) is 23.8 Å². The van der Waals surface area contributed by atoms with Crippen LogP contribution in [0.1, 0.15) is 21.7 Å². The van der Waals surface area contributed by atoms with Crippen LogP contribution in [0.25, 0.3) is 0 Å². The Bertz CT molecular complexity index is 380. The van der Waals surface area contributed by atoms with E-state index in [4.69, 9.17) is 10.2 Å². The summed E-state index contributed by atoms with van der Waals surface area (Å²) in [7, 11) is 0. The first-order valence-corrected chi connectivity index (χ1v) is 4.80. The van der Waals surface area contributed by atoms with Crippen molar-refractivity contribution >= 4 is 11.3 Å². The van der Waals surface area contributed by atoms with E-state index in [0.717, 1.165) is 15.6 Å². The largest absolute Gasteiger partial charge is 0.467 e. The van der Waals surface area contributed by atoms with E-state index in [-0.39, 0.29) is 6.04 Å². The second kappa shape index (κ2) is 3.32. The molecule has 68 valence electrons. The van der Waals surface area contributed by atoms with E-state index in [2.05, 4.69) is 4.98 Å². The van der Waals surface area contributed by atoms with E-state index in [0.29, 0.717) is 0 Å². The summed E-state index contributed by atoms with van der Waals surface area (Å²) in [6.45, 7) is 1.96. The number of rotatable bonds is 2. The van der Waals surface area contributed by atoms with Crippen molar-refractivity contribution in [2.24, 2.45) is 5.73 Å². The first-order valence-electron chi connectivity index (χ1n) is 3.98. The number of thiazole rings is 1. The Kier molecular flexibility index (Phi) is 2.16. The van der Waals surface area contributed by atoms with Gasteiger partial charge < -0.3 is 10.2 Å². The molecule has 4 heteroatoms. The van der Waals surface area contributed by atoms with E-state index < -0.39 is 0 Å². The predicted octanol–water partition coefficient (Wildman–Crippen LogP) is 2.09. The van der Waals surface area contributed by atoms with Crippen LogP contribution in [0.3, 0.4) is 0 Å². The molecule has 0 aliphatic heterocycles. The van der Waals surface area contributed by atoms with Gasteiger partial charge in [-0.3, -0.25) is 0 Å². The second-order valence-corrected chi connectivity index (χ2v) is 4.04. The van der Waals surface area contributed by atoms with Crippen LogP contribution in [0.5, 0.6) is 0 Å². The number of furan rings is 1. The number of nitrogens with zero attached hydrogens (tertiary/aromatic N) is 1. The van der Waals surface area contributed by atoms with Crippen LogP contribution >= 0.6 is 11.3 Å². The summed E-state index contributed by atoms with van der Waals surface area (Å²) in [4.78, 5) is 5.18. The van der Waals surface area contributed by atoms with Gasteiger partial charge in [0.05, 0.1) is 17.3 Å². The van der Waals surface area contributed by atoms with Crippen LogP contribution in [0.15, 0.2) is 29.0 Å². The van der Waals surface area contributed by atoms with Crippen molar-refractivity contribution in [2.45, 2.75) is 13.0 Å². The molecule has 0 spiro atoms. The van der Waals surface area contributed by atoms with Gasteiger partial charge in [0.2, 0.25) is 0 Å². The van der Waals surface area contributed by atoms with E-state index in [1.807, 2.05) is 19.1 Å². The Morgan fingerprint density at radius 1 is 1.62 bits per heavy atom. The average Bonchev–Trinajstić information content (AvgIpc) is 2.72. The fourth-order valence-electron chi connectivity index (χ4n) is 1.13. The van der Waals surface area contributed by atoms with Crippen molar-refractivity contribution in [3.63, 3.8) is 0 Å². The van der Waals surface area contributed by atoms with Crippen LogP contribution < -0.4 is 5.73 Å². The molecule has 2 heterocycles. The van der Waals surface area contributed by atoms with Crippen molar-refractivity contribution in [3.05, 3.63) is 40.2 Å². The molecule has 2 aromatic heterocycles. The summed E-state index contributed by atoms with van der Waals surface area (Å²) in [5.74, 6) is 0.781. The summed E-state index contributed by atoms with van der Waals surface area (Å²) in [5.41, 5.74) is 5.95. The molecule has 0 aliphatic rings. The number of aryl methyl sites for hydroxylation is 1. The van der Waals surface area contributed by atoms with Crippen molar-refractivity contribution in [3.8, 4) is 0 Å². The van der Waals surface area contributed by atoms with E-state index in [1.165, 1.54) is 0 Å². The predicted molar refractivity (Wildman–Crippen MR) is 51.6 cm³/mol. The standard InChI is InChI=1S/C9H10N2OS/c1-6-11-5-8(13-6)9(10)7-3-2-4-12-7/h2-5,9H,10H2,1H3. The van der Waals surface area contributed by atoms with Crippen LogP contribution in [0.4, 0.5) is 0 Å². The maximum atomic E-state index is 5.95. The normalized spacial score (nSPS) is 13.1. The highest BCUT2D eigenvalue weighted by Crippen LogP contribution is 2.24. The fraction of sp³-hybridized carbons (Fsp3) is 0.222. The molecule has 0 saturated carbocycles. The minimum absolute atomic E-state index is 0.179. The number of hydrogen-bond acceptors (Lipinski definition) is 4. The Hall–Kier alpha value is -1.13. The Balaban J connectivity index is 2.28. The van der Waals surface area contributed by atoms with Crippen LogP contribution in [0, 0.1) is 6.92 Å². The van der Waals surface area contributed by atoms with Gasteiger partial charge in [-0.1, -0.05) is 0 Å². The van der Waals surface area contributed by atoms with E-state index in [9.17, 15) is 0 Å². The molecule has 0 saturated heterocycles. The highest BCUT2D eigenvalue weighted by Gasteiger charge is 2.13. The lowest BCUT2D eigenvalue weighted by Crippen LogP contribution is -2.08. The molecule has 0 aromatic carbocycles. The van der Waals surface area contributed by atoms with Gasteiger partial charge in [0, 0.05) is 11.1 Å². The van der Waals surface area contributed by atoms with Gasteiger partial charge in [-0.25, -0.2) is 4.98 Å². The lowest BCUT2D eigenvalue weighted by molar-refractivity contribution is 0.492. The third-order valence-electron chi connectivity index (χ3n) is 1.80. The van der Waals surface area contributed by atoms with Gasteiger partial charge in [-0.2, -0.15) is 0 Å². The molecular formula is C9H10N2OS. The zero-order valence-electron chi connectivity index (χ0n) is 7.23. The first-order chi connectivity index (χ1) is 6.27. The highest BCUT2D eigenvalue weighted by atomic mass is 32.1. The monoisotopic (exact) mass is 194 g/mol. The molecule has 1 atom stereocenters. The lowest BCUT2D eigenvalue weighted by Gasteiger charge is -2.03. The molecule has 0 amide bonds. The van der Waals surface area contributed by atoms with Gasteiger partial charge in [-0.15, -0.1) is 11.3 Å². The molecular weight excluding hydrogens is 184 g/mol. The topological polar surface area (TPSA) is 52.0 Å². The van der Waals surface area contributed by atoms with Gasteiger partial charge >= 0.3 is 0 Å². The second-order valence-electron chi connectivity index (χ2n) is 2.77. The molecule has 0 radical (unpaired) electrons. The minimum Gasteiger partial charge on any atom is -0.467 e. The van der Waals surface area contributed by atoms with E-state index >= 15 is 0 Å². The number of hydrogen-bond donors (Lipinski definition) is 1. The summed E-state index contributed by atoms with van der Waals surface area (Å²) in [5, 5.41) is 1.03. The van der Waals surface area contributed by atoms with Crippen LogP contribution in [0.2, 0.25) is 0 Å². The number of nitrogens with two attached hydrogens (primary N) is 1. The average molecular weight is 194 g/mol. The third-order valence-corrected chi connectivity index (χ3v) is 2.79. The quantitative estimate of drug-likeness (QED) is 0.796. The van der Waals surface area contributed by atoms with Crippen LogP contribution in [-0.2, 0) is 0 Å². The molecule has 0 fully saturated rings.